The van der Waals surface area contributed by atoms with Gasteiger partial charge in [0.15, 0.2) is 5.82 Å². The van der Waals surface area contributed by atoms with Gasteiger partial charge in [0.25, 0.3) is 0 Å². The van der Waals surface area contributed by atoms with Crippen LogP contribution in [0.25, 0.3) is 22.5 Å². The first-order chi connectivity index (χ1) is 16.3. The largest absolute Gasteiger partial charge is 0.491 e. The van der Waals surface area contributed by atoms with Crippen LogP contribution >= 0.6 is 0 Å². The molecule has 5 rings (SSSR count). The molecule has 8 nitrogen and oxygen atoms in total. The Hall–Kier alpha value is -3.75. The van der Waals surface area contributed by atoms with Crippen molar-refractivity contribution < 1.29 is 14.2 Å². The number of nitrogens with zero attached hydrogens (tertiary/aromatic N) is 3. The molecule has 0 radical (unpaired) electrons. The maximum absolute atomic E-state index is 5.77. The number of nitrogens with one attached hydrogen (secondary N) is 2. The van der Waals surface area contributed by atoms with E-state index in [1.165, 1.54) is 0 Å². The summed E-state index contributed by atoms with van der Waals surface area (Å²) in [5.41, 5.74) is 5.98. The summed E-state index contributed by atoms with van der Waals surface area (Å²) < 4.78 is 16.5. The summed E-state index contributed by atoms with van der Waals surface area (Å²) in [6.45, 7) is 2.17. The number of hydrogen-bond donors (Lipinski definition) is 2. The van der Waals surface area contributed by atoms with Crippen LogP contribution in [0.5, 0.6) is 5.75 Å². The van der Waals surface area contributed by atoms with Crippen LogP contribution in [-0.2, 0) is 22.5 Å². The number of aromatic nitrogens is 4. The molecule has 168 valence electrons. The van der Waals surface area contributed by atoms with E-state index in [4.69, 9.17) is 24.2 Å². The van der Waals surface area contributed by atoms with Crippen molar-refractivity contribution in [2.24, 2.45) is 0 Å². The van der Waals surface area contributed by atoms with Crippen LogP contribution in [0.4, 0.5) is 11.5 Å². The van der Waals surface area contributed by atoms with Gasteiger partial charge in [0, 0.05) is 42.1 Å². The SMILES string of the molecule is COCCOc1cccc(-c2nc3c(c(Nc4ccc(-c5cn[nH]c5)cc4)n2)COCC3)c1. The Morgan fingerprint density at radius 3 is 2.76 bits per heavy atom. The Kier molecular flexibility index (Phi) is 6.27. The smallest absolute Gasteiger partial charge is 0.161 e. The first-order valence-electron chi connectivity index (χ1n) is 10.9. The molecule has 4 aromatic rings. The van der Waals surface area contributed by atoms with E-state index in [2.05, 4.69) is 27.6 Å². The summed E-state index contributed by atoms with van der Waals surface area (Å²) in [5, 5.41) is 10.3. The lowest BCUT2D eigenvalue weighted by Crippen LogP contribution is -2.16. The van der Waals surface area contributed by atoms with E-state index in [0.29, 0.717) is 32.3 Å². The molecule has 0 unspecified atom stereocenters. The third kappa shape index (κ3) is 4.87. The second-order valence-corrected chi connectivity index (χ2v) is 7.68. The summed E-state index contributed by atoms with van der Waals surface area (Å²) in [6, 6.07) is 16.0. The van der Waals surface area contributed by atoms with Gasteiger partial charge in [-0.3, -0.25) is 5.10 Å². The van der Waals surface area contributed by atoms with Crippen LogP contribution in [-0.4, -0.2) is 47.1 Å². The first-order valence-corrected chi connectivity index (χ1v) is 10.9. The van der Waals surface area contributed by atoms with Gasteiger partial charge < -0.3 is 19.5 Å². The first kappa shape index (κ1) is 21.1. The lowest BCUT2D eigenvalue weighted by Gasteiger charge is -2.20. The minimum atomic E-state index is 0.490. The quantitative estimate of drug-likeness (QED) is 0.390. The van der Waals surface area contributed by atoms with Crippen molar-refractivity contribution in [2.45, 2.75) is 13.0 Å². The molecular formula is C25H25N5O3. The lowest BCUT2D eigenvalue weighted by molar-refractivity contribution is 0.109. The molecule has 8 heteroatoms. The third-order valence-corrected chi connectivity index (χ3v) is 5.45. The monoisotopic (exact) mass is 443 g/mol. The second kappa shape index (κ2) is 9.81. The molecule has 33 heavy (non-hydrogen) atoms. The number of aromatic amines is 1. The van der Waals surface area contributed by atoms with Crippen LogP contribution in [0, 0.1) is 0 Å². The van der Waals surface area contributed by atoms with Gasteiger partial charge in [-0.1, -0.05) is 24.3 Å². The predicted octanol–water partition coefficient (Wildman–Crippen LogP) is 4.38. The van der Waals surface area contributed by atoms with Crippen LogP contribution < -0.4 is 10.1 Å². The predicted molar refractivity (Wildman–Crippen MR) is 126 cm³/mol. The number of anilines is 2. The van der Waals surface area contributed by atoms with Gasteiger partial charge >= 0.3 is 0 Å². The molecule has 3 heterocycles. The fourth-order valence-electron chi connectivity index (χ4n) is 3.72. The van der Waals surface area contributed by atoms with Crippen LogP contribution in [0.3, 0.4) is 0 Å². The normalized spacial score (nSPS) is 12.9. The van der Waals surface area contributed by atoms with E-state index >= 15 is 0 Å². The van der Waals surface area contributed by atoms with Gasteiger partial charge in [-0.2, -0.15) is 5.10 Å². The van der Waals surface area contributed by atoms with Crippen molar-refractivity contribution in [3.05, 3.63) is 72.2 Å². The van der Waals surface area contributed by atoms with Crippen LogP contribution in [0.15, 0.2) is 60.9 Å². The molecule has 2 aromatic heterocycles. The molecule has 0 fully saturated rings. The summed E-state index contributed by atoms with van der Waals surface area (Å²) in [4.78, 5) is 9.71. The lowest BCUT2D eigenvalue weighted by atomic mass is 10.1. The number of ether oxygens (including phenoxy) is 3. The minimum absolute atomic E-state index is 0.490. The van der Waals surface area contributed by atoms with Gasteiger partial charge in [-0.15, -0.1) is 0 Å². The van der Waals surface area contributed by atoms with Gasteiger partial charge in [0.05, 0.1) is 31.7 Å². The zero-order valence-electron chi connectivity index (χ0n) is 18.4. The highest BCUT2D eigenvalue weighted by molar-refractivity contribution is 5.69. The molecule has 2 aromatic carbocycles. The summed E-state index contributed by atoms with van der Waals surface area (Å²) in [5.74, 6) is 2.18. The molecular weight excluding hydrogens is 418 g/mol. The number of hydrogen-bond acceptors (Lipinski definition) is 7. The number of rotatable bonds is 8. The van der Waals surface area contributed by atoms with Gasteiger partial charge in [-0.25, -0.2) is 9.97 Å². The van der Waals surface area contributed by atoms with Crippen molar-refractivity contribution in [2.75, 3.05) is 32.2 Å². The second-order valence-electron chi connectivity index (χ2n) is 7.68. The van der Waals surface area contributed by atoms with Crippen molar-refractivity contribution in [3.63, 3.8) is 0 Å². The van der Waals surface area contributed by atoms with E-state index in [9.17, 15) is 0 Å². The zero-order chi connectivity index (χ0) is 22.5. The van der Waals surface area contributed by atoms with Gasteiger partial charge in [0.2, 0.25) is 0 Å². The standard InChI is InChI=1S/C25H25N5O3/c1-31-11-12-33-21-4-2-3-18(13-21)24-29-23-9-10-32-16-22(23)25(30-24)28-20-7-5-17(6-8-20)19-14-26-27-15-19/h2-8,13-15H,9-12,16H2,1H3,(H,26,27)(H,28,29,30). The average Bonchev–Trinajstić information content (AvgIpc) is 3.40. The maximum Gasteiger partial charge on any atom is 0.161 e. The maximum atomic E-state index is 5.77. The molecule has 2 N–H and O–H groups in total. The molecule has 0 bridgehead atoms. The summed E-state index contributed by atoms with van der Waals surface area (Å²) in [7, 11) is 1.66. The molecule has 0 spiro atoms. The van der Waals surface area contributed by atoms with Crippen molar-refractivity contribution in [1.29, 1.82) is 0 Å². The average molecular weight is 444 g/mol. The number of methoxy groups -OCH3 is 1. The fourth-order valence-corrected chi connectivity index (χ4v) is 3.72. The Balaban J connectivity index is 1.44. The van der Waals surface area contributed by atoms with Gasteiger partial charge in [0.1, 0.15) is 18.2 Å². The Morgan fingerprint density at radius 1 is 1.03 bits per heavy atom. The van der Waals surface area contributed by atoms with Gasteiger partial charge in [-0.05, 0) is 29.8 Å². The van der Waals surface area contributed by atoms with Crippen molar-refractivity contribution >= 4 is 11.5 Å². The Labute approximate surface area is 192 Å². The highest BCUT2D eigenvalue weighted by Crippen LogP contribution is 2.30. The molecule has 1 aliphatic heterocycles. The van der Waals surface area contributed by atoms with Crippen molar-refractivity contribution in [1.82, 2.24) is 20.2 Å². The number of benzene rings is 2. The highest BCUT2D eigenvalue weighted by Gasteiger charge is 2.19. The van der Waals surface area contributed by atoms with Crippen LogP contribution in [0.2, 0.25) is 0 Å². The fraction of sp³-hybridized carbons (Fsp3) is 0.240. The molecule has 0 atom stereocenters. The molecule has 0 aliphatic carbocycles. The van der Waals surface area contributed by atoms with E-state index in [1.54, 1.807) is 13.3 Å². The van der Waals surface area contributed by atoms with Crippen molar-refractivity contribution in [3.8, 4) is 28.3 Å². The molecule has 1 aliphatic rings. The highest BCUT2D eigenvalue weighted by atomic mass is 16.5. The zero-order valence-corrected chi connectivity index (χ0v) is 18.4. The Morgan fingerprint density at radius 2 is 1.94 bits per heavy atom. The molecule has 0 saturated heterocycles. The van der Waals surface area contributed by atoms with E-state index in [0.717, 1.165) is 51.6 Å². The number of fused-ring (bicyclic) bond motifs is 1. The Bertz CT molecular complexity index is 1210. The minimum Gasteiger partial charge on any atom is -0.491 e. The van der Waals surface area contributed by atoms with E-state index < -0.39 is 0 Å². The molecule has 0 amide bonds. The van der Waals surface area contributed by atoms with Crippen LogP contribution in [0.1, 0.15) is 11.3 Å². The number of H-pyrrole nitrogens is 1. The molecule has 0 saturated carbocycles. The third-order valence-electron chi connectivity index (χ3n) is 5.45. The topological polar surface area (TPSA) is 94.2 Å². The van der Waals surface area contributed by atoms with E-state index in [1.807, 2.05) is 42.6 Å². The summed E-state index contributed by atoms with van der Waals surface area (Å²) >= 11 is 0. The summed E-state index contributed by atoms with van der Waals surface area (Å²) in [6.07, 6.45) is 4.43. The van der Waals surface area contributed by atoms with E-state index in [-0.39, 0.29) is 0 Å².